The highest BCUT2D eigenvalue weighted by molar-refractivity contribution is 7.92. The molecule has 2 aromatic carbocycles. The van der Waals surface area contributed by atoms with Gasteiger partial charge in [-0.25, -0.2) is 8.42 Å². The van der Waals surface area contributed by atoms with E-state index in [2.05, 4.69) is 12.2 Å². The first kappa shape index (κ1) is 18.0. The lowest BCUT2D eigenvalue weighted by atomic mass is 9.77. The Morgan fingerprint density at radius 2 is 1.67 bits per heavy atom. The monoisotopic (exact) mass is 382 g/mol. The average molecular weight is 382 g/mol. The van der Waals surface area contributed by atoms with Crippen molar-refractivity contribution in [1.82, 2.24) is 0 Å². The van der Waals surface area contributed by atoms with Gasteiger partial charge in [0.1, 0.15) is 11.5 Å². The van der Waals surface area contributed by atoms with Crippen LogP contribution in [0.25, 0.3) is 0 Å². The number of rotatable bonds is 6. The van der Waals surface area contributed by atoms with Crippen LogP contribution in [0.4, 0.5) is 0 Å². The number of ketones is 1. The number of allylic oxidation sites excluding steroid dienone is 2. The fraction of sp³-hybridized carbons (Fsp3) is 0.318. The van der Waals surface area contributed by atoms with Gasteiger partial charge in [0.25, 0.3) is 0 Å². The number of hydrogen-bond donors (Lipinski definition) is 0. The van der Waals surface area contributed by atoms with Crippen LogP contribution in [-0.4, -0.2) is 27.1 Å². The van der Waals surface area contributed by atoms with Crippen LogP contribution in [-0.2, 0) is 14.6 Å². The maximum absolute atomic E-state index is 13.1. The number of carbonyl (C=O) groups excluding carboxylic acids is 1. The summed E-state index contributed by atoms with van der Waals surface area (Å²) in [6, 6.07) is 16.2. The number of carbonyl (C=O) groups is 1. The van der Waals surface area contributed by atoms with Crippen molar-refractivity contribution in [3.63, 3.8) is 0 Å². The van der Waals surface area contributed by atoms with Gasteiger partial charge in [0.05, 0.1) is 12.0 Å². The Morgan fingerprint density at radius 1 is 1.00 bits per heavy atom. The number of sulfone groups is 1. The second kappa shape index (κ2) is 6.97. The number of hydrogen-bond acceptors (Lipinski definition) is 4. The Morgan fingerprint density at radius 3 is 2.33 bits per heavy atom. The highest BCUT2D eigenvalue weighted by atomic mass is 32.2. The van der Waals surface area contributed by atoms with E-state index in [0.29, 0.717) is 11.7 Å². The van der Waals surface area contributed by atoms with Gasteiger partial charge in [-0.1, -0.05) is 42.5 Å². The molecule has 27 heavy (non-hydrogen) atoms. The molecule has 0 spiro atoms. The van der Waals surface area contributed by atoms with Gasteiger partial charge in [-0.15, -0.1) is 0 Å². The molecule has 2 aliphatic carbocycles. The van der Waals surface area contributed by atoms with Crippen molar-refractivity contribution >= 4 is 15.6 Å². The van der Waals surface area contributed by atoms with E-state index in [0.717, 1.165) is 12.0 Å². The molecule has 2 aromatic rings. The minimum absolute atomic E-state index is 0.0692. The van der Waals surface area contributed by atoms with E-state index in [-0.39, 0.29) is 28.4 Å². The molecule has 4 nitrogen and oxygen atoms in total. The van der Waals surface area contributed by atoms with Crippen LogP contribution in [0.15, 0.2) is 71.6 Å². The molecule has 0 radical (unpaired) electrons. The molecule has 0 N–H and O–H groups in total. The summed E-state index contributed by atoms with van der Waals surface area (Å²) in [4.78, 5) is 13.3. The molecule has 0 amide bonds. The normalized spacial score (nSPS) is 26.3. The van der Waals surface area contributed by atoms with Gasteiger partial charge in [-0.3, -0.25) is 4.79 Å². The summed E-state index contributed by atoms with van der Waals surface area (Å²) in [6.07, 6.45) is 5.20. The summed E-state index contributed by atoms with van der Waals surface area (Å²) >= 11 is 0. The van der Waals surface area contributed by atoms with Crippen LogP contribution in [0.3, 0.4) is 0 Å². The van der Waals surface area contributed by atoms with Gasteiger partial charge in [-0.2, -0.15) is 0 Å². The predicted octanol–water partition coefficient (Wildman–Crippen LogP) is 3.64. The SMILES string of the molecule is COc1ccc(S(=O)(=O)CC(=O)[C@@H]2[C@@H](c3ccccc3)[C@@H]3C=C[C@H]2C3)cc1. The first-order valence-corrected chi connectivity index (χ1v) is 10.8. The summed E-state index contributed by atoms with van der Waals surface area (Å²) in [7, 11) is -2.15. The Bertz CT molecular complexity index is 961. The van der Waals surface area contributed by atoms with Crippen LogP contribution in [0.5, 0.6) is 5.75 Å². The summed E-state index contributed by atoms with van der Waals surface area (Å²) in [5.74, 6) is 0.202. The van der Waals surface area contributed by atoms with Crippen molar-refractivity contribution in [1.29, 1.82) is 0 Å². The zero-order valence-corrected chi connectivity index (χ0v) is 15.9. The lowest BCUT2D eigenvalue weighted by Crippen LogP contribution is -2.31. The second-order valence-corrected chi connectivity index (χ2v) is 9.30. The molecule has 0 heterocycles. The average Bonchev–Trinajstić information content (AvgIpc) is 3.30. The zero-order chi connectivity index (χ0) is 19.0. The molecule has 1 fully saturated rings. The molecule has 0 aliphatic heterocycles. The Labute approximate surface area is 159 Å². The minimum atomic E-state index is -3.67. The van der Waals surface area contributed by atoms with Crippen molar-refractivity contribution in [3.8, 4) is 5.75 Å². The molecule has 0 saturated heterocycles. The molecule has 1 saturated carbocycles. The van der Waals surface area contributed by atoms with Gasteiger partial charge >= 0.3 is 0 Å². The predicted molar refractivity (Wildman–Crippen MR) is 103 cm³/mol. The lowest BCUT2D eigenvalue weighted by Gasteiger charge is -2.27. The second-order valence-electron chi connectivity index (χ2n) is 7.31. The highest BCUT2D eigenvalue weighted by Gasteiger charge is 2.48. The largest absolute Gasteiger partial charge is 0.497 e. The van der Waals surface area contributed by atoms with E-state index in [4.69, 9.17) is 4.74 Å². The van der Waals surface area contributed by atoms with Crippen LogP contribution < -0.4 is 4.74 Å². The first-order chi connectivity index (χ1) is 13.0. The van der Waals surface area contributed by atoms with Crippen molar-refractivity contribution in [3.05, 3.63) is 72.3 Å². The molecule has 140 valence electrons. The van der Waals surface area contributed by atoms with Crippen LogP contribution in [0.2, 0.25) is 0 Å². The third kappa shape index (κ3) is 3.32. The molecule has 0 unspecified atom stereocenters. The number of Topliss-reactive ketones (excluding diaryl/α,β-unsaturated/α-hetero) is 1. The van der Waals surface area contributed by atoms with Crippen LogP contribution >= 0.6 is 0 Å². The molecular weight excluding hydrogens is 360 g/mol. The summed E-state index contributed by atoms with van der Waals surface area (Å²) in [5.41, 5.74) is 1.12. The van der Waals surface area contributed by atoms with E-state index >= 15 is 0 Å². The molecule has 0 aromatic heterocycles. The van der Waals surface area contributed by atoms with E-state index in [1.165, 1.54) is 19.2 Å². The fourth-order valence-electron chi connectivity index (χ4n) is 4.54. The molecule has 2 aliphatic rings. The maximum atomic E-state index is 13.1. The fourth-order valence-corrected chi connectivity index (χ4v) is 5.83. The van der Waals surface area contributed by atoms with Crippen molar-refractivity contribution in [2.45, 2.75) is 17.2 Å². The third-order valence-electron chi connectivity index (χ3n) is 5.77. The lowest BCUT2D eigenvalue weighted by molar-refractivity contribution is -0.121. The molecule has 5 heteroatoms. The quantitative estimate of drug-likeness (QED) is 0.716. The van der Waals surface area contributed by atoms with E-state index < -0.39 is 15.6 Å². The topological polar surface area (TPSA) is 60.4 Å². The third-order valence-corrected chi connectivity index (χ3v) is 7.42. The number of methoxy groups -OCH3 is 1. The Balaban J connectivity index is 1.58. The number of fused-ring (bicyclic) bond motifs is 2. The van der Waals surface area contributed by atoms with Crippen LogP contribution in [0.1, 0.15) is 17.9 Å². The van der Waals surface area contributed by atoms with Crippen molar-refractivity contribution in [2.24, 2.45) is 17.8 Å². The summed E-state index contributed by atoms with van der Waals surface area (Å²) in [6.45, 7) is 0. The summed E-state index contributed by atoms with van der Waals surface area (Å²) in [5, 5.41) is 0. The maximum Gasteiger partial charge on any atom is 0.185 e. The molecular formula is C22H22O4S. The highest BCUT2D eigenvalue weighted by Crippen LogP contribution is 2.53. The smallest absolute Gasteiger partial charge is 0.185 e. The zero-order valence-electron chi connectivity index (χ0n) is 15.1. The van der Waals surface area contributed by atoms with Crippen molar-refractivity contribution in [2.75, 3.05) is 12.9 Å². The number of benzene rings is 2. The van der Waals surface area contributed by atoms with Gasteiger partial charge in [0, 0.05) is 11.8 Å². The Hall–Kier alpha value is -2.40. The first-order valence-electron chi connectivity index (χ1n) is 9.12. The molecule has 4 rings (SSSR count). The van der Waals surface area contributed by atoms with Gasteiger partial charge in [0.2, 0.25) is 0 Å². The van der Waals surface area contributed by atoms with Gasteiger partial charge in [-0.05, 0) is 48.1 Å². The molecule has 4 atom stereocenters. The molecule has 2 bridgehead atoms. The van der Waals surface area contributed by atoms with Crippen molar-refractivity contribution < 1.29 is 17.9 Å². The van der Waals surface area contributed by atoms with Gasteiger partial charge < -0.3 is 4.74 Å². The van der Waals surface area contributed by atoms with E-state index in [1.807, 2.05) is 30.3 Å². The summed E-state index contributed by atoms with van der Waals surface area (Å²) < 4.78 is 30.6. The standard InChI is InChI=1S/C22H22O4S/c1-26-18-9-11-19(12-10-18)27(24,25)14-20(23)22-17-8-7-16(13-17)21(22)15-5-3-2-4-6-15/h2-12,16-17,21-22H,13-14H2,1H3/t16-,17+,21+,22-/m1/s1. The van der Waals surface area contributed by atoms with E-state index in [1.54, 1.807) is 12.1 Å². The Kier molecular flexibility index (Phi) is 4.64. The number of ether oxygens (including phenoxy) is 1. The minimum Gasteiger partial charge on any atom is -0.497 e. The van der Waals surface area contributed by atoms with Gasteiger partial charge in [0.15, 0.2) is 15.6 Å². The van der Waals surface area contributed by atoms with Crippen LogP contribution in [0, 0.1) is 17.8 Å². The van der Waals surface area contributed by atoms with E-state index in [9.17, 15) is 13.2 Å².